The molecule has 0 heterocycles. The summed E-state index contributed by atoms with van der Waals surface area (Å²) in [6.07, 6.45) is 5.50. The summed E-state index contributed by atoms with van der Waals surface area (Å²) in [6.45, 7) is 0. The first-order valence-electron chi connectivity index (χ1n) is 6.71. The molecule has 0 radical (unpaired) electrons. The molecule has 0 saturated carbocycles. The molecule has 1 N–H and O–H groups in total. The quantitative estimate of drug-likeness (QED) is 0.643. The Labute approximate surface area is 114 Å². The summed E-state index contributed by atoms with van der Waals surface area (Å²) in [5, 5.41) is 3.14. The van der Waals surface area contributed by atoms with Crippen molar-refractivity contribution in [2.75, 3.05) is 5.88 Å². The number of carbonyl (C=O) groups excluding carboxylic acids is 1. The zero-order valence-corrected chi connectivity index (χ0v) is 11.4. The van der Waals surface area contributed by atoms with Gasteiger partial charge >= 0.3 is 0 Å². The molecule has 1 aliphatic carbocycles. The SMILES string of the molecule is O=C(CCCCCl)NC1CCc2ccccc2C1. The van der Waals surface area contributed by atoms with Gasteiger partial charge in [0.05, 0.1) is 0 Å². The van der Waals surface area contributed by atoms with E-state index < -0.39 is 0 Å². The minimum atomic E-state index is 0.171. The maximum atomic E-state index is 11.7. The average molecular weight is 266 g/mol. The van der Waals surface area contributed by atoms with Gasteiger partial charge in [-0.1, -0.05) is 24.3 Å². The standard InChI is InChI=1S/C15H20ClNO/c16-10-4-3-7-15(18)17-14-9-8-12-5-1-2-6-13(12)11-14/h1-2,5-6,14H,3-4,7-11H2,(H,17,18). The van der Waals surface area contributed by atoms with E-state index in [1.165, 1.54) is 11.1 Å². The van der Waals surface area contributed by atoms with Gasteiger partial charge in [0.1, 0.15) is 0 Å². The normalized spacial score (nSPS) is 18.2. The van der Waals surface area contributed by atoms with E-state index in [2.05, 4.69) is 29.6 Å². The molecule has 18 heavy (non-hydrogen) atoms. The van der Waals surface area contributed by atoms with Crippen LogP contribution in [0.3, 0.4) is 0 Å². The number of benzene rings is 1. The van der Waals surface area contributed by atoms with Crippen LogP contribution >= 0.6 is 11.6 Å². The monoisotopic (exact) mass is 265 g/mol. The number of fused-ring (bicyclic) bond motifs is 1. The van der Waals surface area contributed by atoms with Gasteiger partial charge in [-0.3, -0.25) is 4.79 Å². The third kappa shape index (κ3) is 3.74. The average Bonchev–Trinajstić information content (AvgIpc) is 2.39. The molecule has 1 unspecified atom stereocenters. The van der Waals surface area contributed by atoms with Crippen LogP contribution in [-0.4, -0.2) is 17.8 Å². The van der Waals surface area contributed by atoms with E-state index in [0.29, 0.717) is 18.3 Å². The van der Waals surface area contributed by atoms with Crippen LogP contribution in [0.2, 0.25) is 0 Å². The number of aryl methyl sites for hydroxylation is 1. The Hall–Kier alpha value is -1.02. The van der Waals surface area contributed by atoms with Crippen LogP contribution in [0.15, 0.2) is 24.3 Å². The lowest BCUT2D eigenvalue weighted by Gasteiger charge is -2.25. The molecule has 0 bridgehead atoms. The van der Waals surface area contributed by atoms with Crippen LogP contribution in [0.1, 0.15) is 36.8 Å². The third-order valence-electron chi connectivity index (χ3n) is 3.50. The Bertz CT molecular complexity index is 405. The molecule has 1 amide bonds. The van der Waals surface area contributed by atoms with Gasteiger partial charge < -0.3 is 5.32 Å². The molecule has 0 fully saturated rings. The summed E-state index contributed by atoms with van der Waals surface area (Å²) < 4.78 is 0. The summed E-state index contributed by atoms with van der Waals surface area (Å²) in [5.74, 6) is 0.814. The van der Waals surface area contributed by atoms with Crippen LogP contribution in [0.25, 0.3) is 0 Å². The number of halogens is 1. The van der Waals surface area contributed by atoms with Crippen molar-refractivity contribution >= 4 is 17.5 Å². The lowest BCUT2D eigenvalue weighted by atomic mass is 9.88. The van der Waals surface area contributed by atoms with Gasteiger partial charge in [-0.15, -0.1) is 11.6 Å². The van der Waals surface area contributed by atoms with E-state index in [1.807, 2.05) is 0 Å². The largest absolute Gasteiger partial charge is 0.353 e. The number of alkyl halides is 1. The minimum Gasteiger partial charge on any atom is -0.353 e. The van der Waals surface area contributed by atoms with E-state index in [9.17, 15) is 4.79 Å². The fraction of sp³-hybridized carbons (Fsp3) is 0.533. The molecule has 0 aromatic heterocycles. The highest BCUT2D eigenvalue weighted by Gasteiger charge is 2.19. The molecule has 2 nitrogen and oxygen atoms in total. The van der Waals surface area contributed by atoms with Crippen molar-refractivity contribution in [3.8, 4) is 0 Å². The topological polar surface area (TPSA) is 29.1 Å². The van der Waals surface area contributed by atoms with E-state index >= 15 is 0 Å². The Morgan fingerprint density at radius 3 is 2.83 bits per heavy atom. The lowest BCUT2D eigenvalue weighted by molar-refractivity contribution is -0.121. The van der Waals surface area contributed by atoms with Gasteiger partial charge in [-0.2, -0.15) is 0 Å². The van der Waals surface area contributed by atoms with Crippen molar-refractivity contribution in [1.82, 2.24) is 5.32 Å². The maximum Gasteiger partial charge on any atom is 0.220 e. The van der Waals surface area contributed by atoms with Gasteiger partial charge in [-0.05, 0) is 43.2 Å². The second kappa shape index (κ2) is 6.79. The Morgan fingerprint density at radius 1 is 1.28 bits per heavy atom. The summed E-state index contributed by atoms with van der Waals surface area (Å²) in [7, 11) is 0. The van der Waals surface area contributed by atoms with Crippen LogP contribution in [-0.2, 0) is 17.6 Å². The van der Waals surface area contributed by atoms with E-state index in [4.69, 9.17) is 11.6 Å². The van der Waals surface area contributed by atoms with Crippen LogP contribution in [0.5, 0.6) is 0 Å². The number of hydrogen-bond acceptors (Lipinski definition) is 1. The first-order chi connectivity index (χ1) is 8.79. The molecular formula is C15H20ClNO. The highest BCUT2D eigenvalue weighted by Crippen LogP contribution is 2.21. The number of hydrogen-bond donors (Lipinski definition) is 1. The zero-order chi connectivity index (χ0) is 12.8. The molecule has 3 heteroatoms. The highest BCUT2D eigenvalue weighted by atomic mass is 35.5. The molecule has 0 aliphatic heterocycles. The number of unbranched alkanes of at least 4 members (excludes halogenated alkanes) is 1. The molecule has 0 spiro atoms. The predicted molar refractivity (Wildman–Crippen MR) is 75.0 cm³/mol. The first-order valence-corrected chi connectivity index (χ1v) is 7.25. The van der Waals surface area contributed by atoms with Gasteiger partial charge in [0.25, 0.3) is 0 Å². The fourth-order valence-corrected chi connectivity index (χ4v) is 2.69. The van der Waals surface area contributed by atoms with Crippen molar-refractivity contribution < 1.29 is 4.79 Å². The van der Waals surface area contributed by atoms with E-state index in [-0.39, 0.29) is 5.91 Å². The number of rotatable bonds is 5. The van der Waals surface area contributed by atoms with Crippen molar-refractivity contribution in [3.05, 3.63) is 35.4 Å². The number of nitrogens with one attached hydrogen (secondary N) is 1. The third-order valence-corrected chi connectivity index (χ3v) is 3.77. The van der Waals surface area contributed by atoms with Gasteiger partial charge in [0.15, 0.2) is 0 Å². The molecule has 98 valence electrons. The summed E-state index contributed by atoms with van der Waals surface area (Å²) in [4.78, 5) is 11.7. The van der Waals surface area contributed by atoms with Crippen LogP contribution in [0.4, 0.5) is 0 Å². The number of amides is 1. The molecule has 1 aromatic carbocycles. The second-order valence-corrected chi connectivity index (χ2v) is 5.30. The van der Waals surface area contributed by atoms with E-state index in [0.717, 1.165) is 32.1 Å². The van der Waals surface area contributed by atoms with Crippen LogP contribution < -0.4 is 5.32 Å². The number of carbonyl (C=O) groups is 1. The molecular weight excluding hydrogens is 246 g/mol. The van der Waals surface area contributed by atoms with Crippen LogP contribution in [0, 0.1) is 0 Å². The highest BCUT2D eigenvalue weighted by molar-refractivity contribution is 6.17. The second-order valence-electron chi connectivity index (χ2n) is 4.92. The van der Waals surface area contributed by atoms with Crippen molar-refractivity contribution in [3.63, 3.8) is 0 Å². The zero-order valence-electron chi connectivity index (χ0n) is 10.6. The smallest absolute Gasteiger partial charge is 0.220 e. The molecule has 0 saturated heterocycles. The maximum absolute atomic E-state index is 11.7. The minimum absolute atomic E-state index is 0.171. The Kier molecular flexibility index (Phi) is 5.06. The van der Waals surface area contributed by atoms with Crippen molar-refractivity contribution in [1.29, 1.82) is 0 Å². The molecule has 1 aliphatic rings. The molecule has 1 atom stereocenters. The summed E-state index contributed by atoms with van der Waals surface area (Å²) >= 11 is 5.60. The lowest BCUT2D eigenvalue weighted by Crippen LogP contribution is -2.38. The fourth-order valence-electron chi connectivity index (χ4n) is 2.50. The Morgan fingerprint density at radius 2 is 2.06 bits per heavy atom. The van der Waals surface area contributed by atoms with Gasteiger partial charge in [-0.25, -0.2) is 0 Å². The van der Waals surface area contributed by atoms with E-state index in [1.54, 1.807) is 0 Å². The summed E-state index contributed by atoms with van der Waals surface area (Å²) in [6, 6.07) is 8.82. The van der Waals surface area contributed by atoms with Crippen molar-refractivity contribution in [2.45, 2.75) is 44.6 Å². The Balaban J connectivity index is 1.80. The molecule has 1 aromatic rings. The predicted octanol–water partition coefficient (Wildman–Crippen LogP) is 3.07. The van der Waals surface area contributed by atoms with Gasteiger partial charge in [0.2, 0.25) is 5.91 Å². The summed E-state index contributed by atoms with van der Waals surface area (Å²) in [5.41, 5.74) is 2.82. The first kappa shape index (κ1) is 13.4. The molecule has 2 rings (SSSR count). The van der Waals surface area contributed by atoms with Gasteiger partial charge in [0, 0.05) is 18.3 Å². The van der Waals surface area contributed by atoms with Crippen molar-refractivity contribution in [2.24, 2.45) is 0 Å².